The van der Waals surface area contributed by atoms with Gasteiger partial charge in [0.15, 0.2) is 5.03 Å². The molecule has 22 heavy (non-hydrogen) atoms. The molecule has 1 aliphatic heterocycles. The Morgan fingerprint density at radius 3 is 2.64 bits per heavy atom. The fourth-order valence-corrected chi connectivity index (χ4v) is 3.43. The molecule has 7 nitrogen and oxygen atoms in total. The predicted octanol–water partition coefficient (Wildman–Crippen LogP) is 1.68. The zero-order valence-electron chi connectivity index (χ0n) is 14.2. The summed E-state index contributed by atoms with van der Waals surface area (Å²) in [5.41, 5.74) is 0. The summed E-state index contributed by atoms with van der Waals surface area (Å²) in [6.07, 6.45) is 1.80. The molecule has 0 saturated carbocycles. The smallest absolute Gasteiger partial charge is 0.237 e. The third-order valence-corrected chi connectivity index (χ3v) is 4.71. The van der Waals surface area contributed by atoms with Crippen molar-refractivity contribution in [2.24, 2.45) is 22.9 Å². The van der Waals surface area contributed by atoms with Crippen LogP contribution < -0.4 is 0 Å². The third kappa shape index (κ3) is 6.50. The number of ether oxygens (including phenoxy) is 1. The molecule has 128 valence electrons. The van der Waals surface area contributed by atoms with Gasteiger partial charge in [0.2, 0.25) is 5.17 Å². The van der Waals surface area contributed by atoms with Crippen LogP contribution in [0.25, 0.3) is 0 Å². The molecule has 3 atom stereocenters. The van der Waals surface area contributed by atoms with Gasteiger partial charge in [0.1, 0.15) is 0 Å². The van der Waals surface area contributed by atoms with Crippen molar-refractivity contribution in [2.75, 3.05) is 53.2 Å². The van der Waals surface area contributed by atoms with Crippen LogP contribution in [0.15, 0.2) is 5.10 Å². The van der Waals surface area contributed by atoms with E-state index in [-0.39, 0.29) is 0 Å². The van der Waals surface area contributed by atoms with Gasteiger partial charge in [-0.15, -0.1) is 0 Å². The van der Waals surface area contributed by atoms with E-state index in [2.05, 4.69) is 30.9 Å². The van der Waals surface area contributed by atoms with E-state index >= 15 is 0 Å². The first-order valence-corrected chi connectivity index (χ1v) is 8.80. The van der Waals surface area contributed by atoms with Crippen LogP contribution in [-0.2, 0) is 4.74 Å². The van der Waals surface area contributed by atoms with Crippen molar-refractivity contribution < 1.29 is 9.77 Å². The predicted molar refractivity (Wildman–Crippen MR) is 90.7 cm³/mol. The molecule has 0 aromatic heterocycles. The largest absolute Gasteiger partial charge is 0.381 e. The maximum absolute atomic E-state index is 10.5. The maximum Gasteiger partial charge on any atom is 0.237 e. The number of rotatable bonds is 7. The van der Waals surface area contributed by atoms with Gasteiger partial charge in [-0.1, -0.05) is 25.6 Å². The summed E-state index contributed by atoms with van der Waals surface area (Å²) in [6.45, 7) is 8.85. The summed E-state index contributed by atoms with van der Waals surface area (Å²) in [5.74, 6) is 1.63. The zero-order chi connectivity index (χ0) is 16.7. The van der Waals surface area contributed by atoms with E-state index in [1.807, 2.05) is 11.9 Å². The molecule has 0 spiro atoms. The quantitative estimate of drug-likeness (QED) is 0.306. The maximum atomic E-state index is 10.5. The lowest BCUT2D eigenvalue weighted by atomic mass is 9.97. The van der Waals surface area contributed by atoms with Crippen LogP contribution in [0, 0.1) is 27.9 Å². The summed E-state index contributed by atoms with van der Waals surface area (Å²) in [4.78, 5) is 14.7. The second kappa shape index (κ2) is 9.32. The van der Waals surface area contributed by atoms with Gasteiger partial charge in [0.25, 0.3) is 0 Å². The lowest BCUT2D eigenvalue weighted by Crippen LogP contribution is -2.37. The van der Waals surface area contributed by atoms with Crippen LogP contribution >= 0.6 is 11.8 Å². The Bertz CT molecular complexity index is 394. The second-order valence-electron chi connectivity index (χ2n) is 6.31. The second-order valence-corrected chi connectivity index (χ2v) is 7.08. The van der Waals surface area contributed by atoms with Gasteiger partial charge in [-0.25, -0.2) is 10.1 Å². The van der Waals surface area contributed by atoms with E-state index in [1.165, 1.54) is 11.8 Å². The number of hydrogen-bond acceptors (Lipinski definition) is 5. The molecule has 0 aromatic rings. The minimum absolute atomic E-state index is 0.400. The summed E-state index contributed by atoms with van der Waals surface area (Å²) in [6, 6.07) is 0. The van der Waals surface area contributed by atoms with Crippen LogP contribution in [0.5, 0.6) is 0 Å². The third-order valence-electron chi connectivity index (χ3n) is 3.95. The lowest BCUT2D eigenvalue weighted by molar-refractivity contribution is -0.485. The molecule has 1 aliphatic rings. The fraction of sp³-hybridized carbons (Fsp3) is 0.929. The molecular weight excluding hydrogens is 304 g/mol. The number of nitrogens with zero attached hydrogens (tertiary/aromatic N) is 4. The Labute approximate surface area is 137 Å². The van der Waals surface area contributed by atoms with E-state index in [9.17, 15) is 10.1 Å². The SMILES string of the molecule is CSC(=N[N+](=O)[O-])N(C)CC(C)CN(C)CC1COCC1C. The highest BCUT2D eigenvalue weighted by Crippen LogP contribution is 2.21. The van der Waals surface area contributed by atoms with Crippen molar-refractivity contribution in [3.8, 4) is 0 Å². The monoisotopic (exact) mass is 332 g/mol. The lowest BCUT2D eigenvalue weighted by Gasteiger charge is -2.28. The molecule has 1 fully saturated rings. The number of nitro groups is 1. The van der Waals surface area contributed by atoms with E-state index in [0.717, 1.165) is 32.8 Å². The first-order chi connectivity index (χ1) is 10.3. The number of hydrogen-bond donors (Lipinski definition) is 0. The van der Waals surface area contributed by atoms with Crippen molar-refractivity contribution in [1.82, 2.24) is 9.80 Å². The minimum atomic E-state index is -0.638. The van der Waals surface area contributed by atoms with E-state index in [0.29, 0.717) is 22.9 Å². The van der Waals surface area contributed by atoms with Crippen LogP contribution in [-0.4, -0.2) is 73.2 Å². The van der Waals surface area contributed by atoms with Gasteiger partial charge in [0, 0.05) is 33.3 Å². The molecular formula is C14H28N4O3S. The Morgan fingerprint density at radius 1 is 1.45 bits per heavy atom. The van der Waals surface area contributed by atoms with Crippen LogP contribution in [0.1, 0.15) is 13.8 Å². The average Bonchev–Trinajstić information content (AvgIpc) is 2.80. The molecule has 8 heteroatoms. The molecule has 1 rings (SSSR count). The molecule has 0 radical (unpaired) electrons. The van der Waals surface area contributed by atoms with Crippen LogP contribution in [0.2, 0.25) is 0 Å². The molecule has 0 bridgehead atoms. The molecule has 0 amide bonds. The molecule has 0 aliphatic carbocycles. The molecule has 0 N–H and O–H groups in total. The zero-order valence-corrected chi connectivity index (χ0v) is 15.0. The molecule has 1 heterocycles. The van der Waals surface area contributed by atoms with Crippen LogP contribution in [0.3, 0.4) is 0 Å². The topological polar surface area (TPSA) is 71.2 Å². The molecule has 0 aromatic carbocycles. The summed E-state index contributed by atoms with van der Waals surface area (Å²) >= 11 is 1.30. The number of thioether (sulfide) groups is 1. The van der Waals surface area contributed by atoms with E-state index < -0.39 is 5.03 Å². The van der Waals surface area contributed by atoms with Gasteiger partial charge in [-0.3, -0.25) is 0 Å². The Morgan fingerprint density at radius 2 is 2.14 bits per heavy atom. The summed E-state index contributed by atoms with van der Waals surface area (Å²) in [7, 11) is 3.98. The average molecular weight is 332 g/mol. The van der Waals surface area contributed by atoms with Crippen molar-refractivity contribution >= 4 is 16.9 Å². The van der Waals surface area contributed by atoms with E-state index in [4.69, 9.17) is 4.74 Å². The fourth-order valence-electron chi connectivity index (χ4n) is 2.89. The molecule has 3 unspecified atom stereocenters. The van der Waals surface area contributed by atoms with Gasteiger partial charge >= 0.3 is 0 Å². The van der Waals surface area contributed by atoms with Crippen molar-refractivity contribution in [3.05, 3.63) is 10.1 Å². The Kier molecular flexibility index (Phi) is 8.13. The van der Waals surface area contributed by atoms with Crippen molar-refractivity contribution in [3.63, 3.8) is 0 Å². The van der Waals surface area contributed by atoms with E-state index in [1.54, 1.807) is 6.26 Å². The highest BCUT2D eigenvalue weighted by molar-refractivity contribution is 8.13. The standard InChI is InChI=1S/C14H28N4O3S/c1-11(7-17(4)14(22-5)15-18(19)20)6-16(3)8-13-10-21-9-12(13)2/h11-13H,6-10H2,1-5H3. The summed E-state index contributed by atoms with van der Waals surface area (Å²) in [5, 5.41) is 13.7. The highest BCUT2D eigenvalue weighted by atomic mass is 32.2. The normalized spacial score (nSPS) is 23.8. The number of amidine groups is 1. The van der Waals surface area contributed by atoms with Crippen LogP contribution in [0.4, 0.5) is 0 Å². The van der Waals surface area contributed by atoms with Gasteiger partial charge < -0.3 is 14.5 Å². The number of hydrazone groups is 1. The molecule has 1 saturated heterocycles. The Hall–Kier alpha value is -0.860. The summed E-state index contributed by atoms with van der Waals surface area (Å²) < 4.78 is 5.51. The van der Waals surface area contributed by atoms with Crippen molar-refractivity contribution in [2.45, 2.75) is 13.8 Å². The van der Waals surface area contributed by atoms with Gasteiger partial charge in [0.05, 0.1) is 11.7 Å². The Balaban J connectivity index is 2.40. The highest BCUT2D eigenvalue weighted by Gasteiger charge is 2.25. The van der Waals surface area contributed by atoms with Gasteiger partial charge in [-0.2, -0.15) is 0 Å². The first-order valence-electron chi connectivity index (χ1n) is 7.57. The minimum Gasteiger partial charge on any atom is -0.381 e. The van der Waals surface area contributed by atoms with Gasteiger partial charge in [-0.05, 0) is 31.1 Å². The first kappa shape index (κ1) is 19.2. The van der Waals surface area contributed by atoms with Crippen molar-refractivity contribution in [1.29, 1.82) is 0 Å².